The third kappa shape index (κ3) is 10.2. The average molecular weight is 260 g/mol. The van der Waals surface area contributed by atoms with E-state index in [2.05, 4.69) is 6.92 Å². The van der Waals surface area contributed by atoms with E-state index < -0.39 is 9.76 Å². The summed E-state index contributed by atoms with van der Waals surface area (Å²) in [6.45, 7) is 2.49. The molecule has 0 radical (unpaired) electrons. The van der Waals surface area contributed by atoms with Crippen molar-refractivity contribution in [3.8, 4) is 0 Å². The zero-order valence-corrected chi connectivity index (χ0v) is 10.2. The van der Waals surface area contributed by atoms with E-state index >= 15 is 0 Å². The molecule has 0 heterocycles. The molecular formula is C9H13Cl3O2. The lowest BCUT2D eigenvalue weighted by molar-refractivity contribution is -0.137. The molecule has 2 nitrogen and oxygen atoms in total. The summed E-state index contributed by atoms with van der Waals surface area (Å²) in [6, 6.07) is 0. The summed E-state index contributed by atoms with van der Waals surface area (Å²) < 4.78 is 3.30. The maximum absolute atomic E-state index is 11.0. The molecule has 0 aliphatic carbocycles. The first-order chi connectivity index (χ1) is 6.45. The van der Waals surface area contributed by atoms with Crippen molar-refractivity contribution >= 4 is 40.8 Å². The highest BCUT2D eigenvalue weighted by Gasteiger charge is 2.14. The van der Waals surface area contributed by atoms with Gasteiger partial charge >= 0.3 is 5.97 Å². The van der Waals surface area contributed by atoms with Crippen LogP contribution in [0.2, 0.25) is 0 Å². The number of unbranched alkanes of at least 4 members (excludes halogenated alkanes) is 2. The highest BCUT2D eigenvalue weighted by Crippen LogP contribution is 2.27. The Hall–Kier alpha value is 0.0800. The van der Waals surface area contributed by atoms with E-state index in [0.717, 1.165) is 25.3 Å². The Labute approximate surface area is 99.2 Å². The number of hydrogen-bond donors (Lipinski definition) is 0. The first-order valence-electron chi connectivity index (χ1n) is 4.38. The van der Waals surface area contributed by atoms with Gasteiger partial charge < -0.3 is 4.74 Å². The summed E-state index contributed by atoms with van der Waals surface area (Å²) >= 11 is 16.2. The maximum atomic E-state index is 11.0. The molecule has 0 bridgehead atoms. The Kier molecular flexibility index (Phi) is 7.42. The topological polar surface area (TPSA) is 26.3 Å². The standard InChI is InChI=1S/C9H13Cl3O2/c1-2-3-4-7-14-8(13)5-6-9(10,11)12/h5-6H,2-4,7H2,1H3. The molecule has 0 spiro atoms. The molecule has 0 saturated carbocycles. The first kappa shape index (κ1) is 14.1. The van der Waals surface area contributed by atoms with E-state index in [0.29, 0.717) is 6.61 Å². The van der Waals surface area contributed by atoms with Crippen LogP contribution in [0.25, 0.3) is 0 Å². The van der Waals surface area contributed by atoms with Gasteiger partial charge in [0.1, 0.15) is 0 Å². The second-order valence-electron chi connectivity index (χ2n) is 2.75. The van der Waals surface area contributed by atoms with Crippen molar-refractivity contribution in [3.63, 3.8) is 0 Å². The molecule has 0 saturated heterocycles. The summed E-state index contributed by atoms with van der Waals surface area (Å²) in [4.78, 5) is 11.0. The Morgan fingerprint density at radius 2 is 2.00 bits per heavy atom. The number of ether oxygens (including phenoxy) is 1. The predicted molar refractivity (Wildman–Crippen MR) is 59.9 cm³/mol. The minimum atomic E-state index is -1.54. The number of allylic oxidation sites excluding steroid dienone is 1. The summed E-state index contributed by atoms with van der Waals surface area (Å²) in [7, 11) is 0. The molecular weight excluding hydrogens is 246 g/mol. The van der Waals surface area contributed by atoms with Crippen LogP contribution in [0.15, 0.2) is 12.2 Å². The van der Waals surface area contributed by atoms with Gasteiger partial charge in [-0.3, -0.25) is 0 Å². The SMILES string of the molecule is CCCCCOC(=O)C=CC(Cl)(Cl)Cl. The van der Waals surface area contributed by atoms with Crippen LogP contribution in [0.5, 0.6) is 0 Å². The van der Waals surface area contributed by atoms with Crippen molar-refractivity contribution in [1.82, 2.24) is 0 Å². The second kappa shape index (κ2) is 7.38. The zero-order valence-electron chi connectivity index (χ0n) is 7.93. The highest BCUT2D eigenvalue weighted by atomic mass is 35.6. The monoisotopic (exact) mass is 258 g/mol. The number of hydrogen-bond acceptors (Lipinski definition) is 2. The van der Waals surface area contributed by atoms with E-state index in [4.69, 9.17) is 39.5 Å². The van der Waals surface area contributed by atoms with Gasteiger partial charge in [-0.05, 0) is 12.5 Å². The summed E-state index contributed by atoms with van der Waals surface area (Å²) in [6.07, 6.45) is 5.28. The zero-order chi connectivity index (χ0) is 11.0. The van der Waals surface area contributed by atoms with E-state index in [9.17, 15) is 4.79 Å². The number of esters is 1. The molecule has 0 aromatic heterocycles. The van der Waals surface area contributed by atoms with Gasteiger partial charge in [0.2, 0.25) is 3.79 Å². The molecule has 0 N–H and O–H groups in total. The summed E-state index contributed by atoms with van der Waals surface area (Å²) in [5.41, 5.74) is 0. The van der Waals surface area contributed by atoms with Gasteiger partial charge in [0.25, 0.3) is 0 Å². The van der Waals surface area contributed by atoms with Gasteiger partial charge in [0, 0.05) is 6.08 Å². The Bertz CT molecular complexity index is 197. The first-order valence-corrected chi connectivity index (χ1v) is 5.52. The van der Waals surface area contributed by atoms with Crippen molar-refractivity contribution in [2.24, 2.45) is 0 Å². The fourth-order valence-electron chi connectivity index (χ4n) is 0.735. The molecule has 5 heteroatoms. The van der Waals surface area contributed by atoms with Crippen molar-refractivity contribution in [1.29, 1.82) is 0 Å². The van der Waals surface area contributed by atoms with Crippen LogP contribution in [0.1, 0.15) is 26.2 Å². The van der Waals surface area contributed by atoms with Crippen LogP contribution in [0.3, 0.4) is 0 Å². The summed E-state index contributed by atoms with van der Waals surface area (Å²) in [5, 5.41) is 0. The molecule has 0 aromatic rings. The number of halogens is 3. The lowest BCUT2D eigenvalue weighted by Gasteiger charge is -2.03. The largest absolute Gasteiger partial charge is 0.463 e. The van der Waals surface area contributed by atoms with Gasteiger partial charge in [-0.25, -0.2) is 4.79 Å². The number of carbonyl (C=O) groups is 1. The molecule has 0 unspecified atom stereocenters. The quantitative estimate of drug-likeness (QED) is 0.326. The Morgan fingerprint density at radius 3 is 2.50 bits per heavy atom. The Balaban J connectivity index is 3.61. The molecule has 0 rings (SSSR count). The van der Waals surface area contributed by atoms with Crippen LogP contribution < -0.4 is 0 Å². The molecule has 0 aliphatic rings. The van der Waals surface area contributed by atoms with Crippen LogP contribution in [-0.4, -0.2) is 16.4 Å². The Morgan fingerprint density at radius 1 is 1.36 bits per heavy atom. The van der Waals surface area contributed by atoms with Crippen molar-refractivity contribution in [2.45, 2.75) is 30.0 Å². The molecule has 14 heavy (non-hydrogen) atoms. The minimum Gasteiger partial charge on any atom is -0.463 e. The molecule has 0 aliphatic heterocycles. The van der Waals surface area contributed by atoms with Gasteiger partial charge in [-0.1, -0.05) is 54.6 Å². The number of carbonyl (C=O) groups excluding carboxylic acids is 1. The lowest BCUT2D eigenvalue weighted by atomic mass is 10.3. The molecule has 0 atom stereocenters. The number of alkyl halides is 3. The van der Waals surface area contributed by atoms with E-state index in [1.165, 1.54) is 6.08 Å². The van der Waals surface area contributed by atoms with Crippen LogP contribution >= 0.6 is 34.8 Å². The van der Waals surface area contributed by atoms with Gasteiger partial charge in [0.05, 0.1) is 6.61 Å². The van der Waals surface area contributed by atoms with E-state index in [1.807, 2.05) is 0 Å². The normalized spacial score (nSPS) is 12.0. The fraction of sp³-hybridized carbons (Fsp3) is 0.667. The van der Waals surface area contributed by atoms with Crippen molar-refractivity contribution < 1.29 is 9.53 Å². The third-order valence-corrected chi connectivity index (χ3v) is 1.78. The van der Waals surface area contributed by atoms with E-state index in [-0.39, 0.29) is 0 Å². The van der Waals surface area contributed by atoms with Crippen molar-refractivity contribution in [2.75, 3.05) is 6.61 Å². The van der Waals surface area contributed by atoms with Gasteiger partial charge in [-0.15, -0.1) is 0 Å². The fourth-order valence-corrected chi connectivity index (χ4v) is 0.924. The van der Waals surface area contributed by atoms with Gasteiger partial charge in [0.15, 0.2) is 0 Å². The smallest absolute Gasteiger partial charge is 0.330 e. The lowest BCUT2D eigenvalue weighted by Crippen LogP contribution is -2.04. The number of rotatable bonds is 5. The van der Waals surface area contributed by atoms with E-state index in [1.54, 1.807) is 0 Å². The summed E-state index contributed by atoms with van der Waals surface area (Å²) in [5.74, 6) is -0.479. The van der Waals surface area contributed by atoms with Crippen molar-refractivity contribution in [3.05, 3.63) is 12.2 Å². The maximum Gasteiger partial charge on any atom is 0.330 e. The van der Waals surface area contributed by atoms with Crippen LogP contribution in [0.4, 0.5) is 0 Å². The highest BCUT2D eigenvalue weighted by molar-refractivity contribution is 6.69. The van der Waals surface area contributed by atoms with Gasteiger partial charge in [-0.2, -0.15) is 0 Å². The minimum absolute atomic E-state index is 0.414. The molecule has 0 aromatic carbocycles. The molecule has 82 valence electrons. The second-order valence-corrected chi connectivity index (χ2v) is 5.12. The predicted octanol–water partition coefficient (Wildman–Crippen LogP) is 3.65. The van der Waals surface area contributed by atoms with Crippen LogP contribution in [-0.2, 0) is 9.53 Å². The molecule has 0 amide bonds. The molecule has 0 fully saturated rings. The third-order valence-electron chi connectivity index (χ3n) is 1.40. The van der Waals surface area contributed by atoms with Crippen LogP contribution in [0, 0.1) is 0 Å². The average Bonchev–Trinajstić information content (AvgIpc) is 2.08.